The summed E-state index contributed by atoms with van der Waals surface area (Å²) in [6.07, 6.45) is 1.59. The van der Waals surface area contributed by atoms with Crippen LogP contribution >= 0.6 is 0 Å². The second-order valence-corrected chi connectivity index (χ2v) is 6.56. The molecule has 1 aliphatic rings. The molecule has 5 nitrogen and oxygen atoms in total. The summed E-state index contributed by atoms with van der Waals surface area (Å²) in [6, 6.07) is 6.55. The molecule has 2 rings (SSSR count). The van der Waals surface area contributed by atoms with Gasteiger partial charge in [-0.25, -0.2) is 8.42 Å². The first-order valence-electron chi connectivity index (χ1n) is 6.10. The molecule has 0 atom stereocenters. The summed E-state index contributed by atoms with van der Waals surface area (Å²) in [5.41, 5.74) is 0.991. The van der Waals surface area contributed by atoms with Gasteiger partial charge in [0.25, 0.3) is 0 Å². The van der Waals surface area contributed by atoms with Crippen molar-refractivity contribution in [2.24, 2.45) is 0 Å². The minimum absolute atomic E-state index is 0.0783. The maximum atomic E-state index is 12.5. The topological polar surface area (TPSA) is 63.7 Å². The third-order valence-electron chi connectivity index (χ3n) is 3.09. The number of hydrogen-bond donors (Lipinski definition) is 0. The number of benzene rings is 1. The Balaban J connectivity index is 2.29. The van der Waals surface area contributed by atoms with Crippen molar-refractivity contribution in [3.63, 3.8) is 0 Å². The van der Waals surface area contributed by atoms with E-state index in [1.165, 1.54) is 11.4 Å². The standard InChI is InChI=1S/C13H17NO4S/c1-10-3-7-12(8-4-10)19(16,17)14(11-5-6-11)9-13(15)18-2/h3-4,7-8,11H,5-6,9H2,1-2H3. The molecule has 0 aromatic heterocycles. The van der Waals surface area contributed by atoms with Crippen LogP contribution in [0.25, 0.3) is 0 Å². The predicted octanol–water partition coefficient (Wildman–Crippen LogP) is 1.32. The highest BCUT2D eigenvalue weighted by Crippen LogP contribution is 2.31. The molecule has 0 radical (unpaired) electrons. The zero-order chi connectivity index (χ0) is 14.0. The molecule has 0 amide bonds. The van der Waals surface area contributed by atoms with Gasteiger partial charge in [0.1, 0.15) is 6.54 Å². The Labute approximate surface area is 113 Å². The minimum Gasteiger partial charge on any atom is -0.468 e. The molecule has 104 valence electrons. The largest absolute Gasteiger partial charge is 0.468 e. The molecule has 1 aliphatic carbocycles. The molecule has 6 heteroatoms. The van der Waals surface area contributed by atoms with Crippen LogP contribution in [0.4, 0.5) is 0 Å². The first-order valence-corrected chi connectivity index (χ1v) is 7.54. The third kappa shape index (κ3) is 3.13. The van der Waals surface area contributed by atoms with Crippen LogP contribution < -0.4 is 0 Å². The number of ether oxygens (including phenoxy) is 1. The molecule has 0 unspecified atom stereocenters. The van der Waals surface area contributed by atoms with Crippen LogP contribution in [0.15, 0.2) is 29.2 Å². The van der Waals surface area contributed by atoms with Gasteiger partial charge in [-0.3, -0.25) is 4.79 Å². The first-order chi connectivity index (χ1) is 8.95. The Morgan fingerprint density at radius 2 is 1.89 bits per heavy atom. The van der Waals surface area contributed by atoms with E-state index in [4.69, 9.17) is 0 Å². The number of sulfonamides is 1. The van der Waals surface area contributed by atoms with E-state index >= 15 is 0 Å². The molecule has 0 bridgehead atoms. The van der Waals surface area contributed by atoms with Crippen molar-refractivity contribution in [3.8, 4) is 0 Å². The second kappa shape index (κ2) is 5.30. The lowest BCUT2D eigenvalue weighted by Crippen LogP contribution is -2.37. The number of carbonyl (C=O) groups is 1. The van der Waals surface area contributed by atoms with E-state index < -0.39 is 16.0 Å². The van der Waals surface area contributed by atoms with Crippen molar-refractivity contribution >= 4 is 16.0 Å². The number of hydrogen-bond acceptors (Lipinski definition) is 4. The number of nitrogens with zero attached hydrogens (tertiary/aromatic N) is 1. The van der Waals surface area contributed by atoms with Crippen LogP contribution in [0.1, 0.15) is 18.4 Å². The molecule has 0 spiro atoms. The molecule has 1 saturated carbocycles. The lowest BCUT2D eigenvalue weighted by Gasteiger charge is -2.20. The van der Waals surface area contributed by atoms with Gasteiger partial charge in [0.2, 0.25) is 10.0 Å². The van der Waals surface area contributed by atoms with Gasteiger partial charge < -0.3 is 4.74 Å². The van der Waals surface area contributed by atoms with Crippen LogP contribution in [0.3, 0.4) is 0 Å². The van der Waals surface area contributed by atoms with E-state index in [0.717, 1.165) is 18.4 Å². The summed E-state index contributed by atoms with van der Waals surface area (Å²) >= 11 is 0. The summed E-state index contributed by atoms with van der Waals surface area (Å²) in [5, 5.41) is 0. The molecule has 19 heavy (non-hydrogen) atoms. The SMILES string of the molecule is COC(=O)CN(C1CC1)S(=O)(=O)c1ccc(C)cc1. The molecule has 1 aromatic carbocycles. The summed E-state index contributed by atoms with van der Waals surface area (Å²) < 4.78 is 30.8. The Hall–Kier alpha value is -1.40. The van der Waals surface area contributed by atoms with Gasteiger partial charge in [0.15, 0.2) is 0 Å². The highest BCUT2D eigenvalue weighted by atomic mass is 32.2. The van der Waals surface area contributed by atoms with Crippen molar-refractivity contribution in [2.45, 2.75) is 30.7 Å². The van der Waals surface area contributed by atoms with Crippen molar-refractivity contribution in [3.05, 3.63) is 29.8 Å². The van der Waals surface area contributed by atoms with Crippen LogP contribution in [-0.2, 0) is 19.6 Å². The smallest absolute Gasteiger partial charge is 0.321 e. The maximum absolute atomic E-state index is 12.5. The number of rotatable bonds is 5. The molecule has 1 fully saturated rings. The summed E-state index contributed by atoms with van der Waals surface area (Å²) in [6.45, 7) is 1.67. The van der Waals surface area contributed by atoms with Crippen LogP contribution in [0, 0.1) is 6.92 Å². The number of methoxy groups -OCH3 is 1. The van der Waals surface area contributed by atoms with Gasteiger partial charge in [-0.15, -0.1) is 0 Å². The highest BCUT2D eigenvalue weighted by molar-refractivity contribution is 7.89. The van der Waals surface area contributed by atoms with E-state index in [-0.39, 0.29) is 17.5 Å². The number of carbonyl (C=O) groups excluding carboxylic acids is 1. The van der Waals surface area contributed by atoms with Gasteiger partial charge in [0, 0.05) is 6.04 Å². The highest BCUT2D eigenvalue weighted by Gasteiger charge is 2.39. The minimum atomic E-state index is -3.63. The Kier molecular flexibility index (Phi) is 3.91. The van der Waals surface area contributed by atoms with Crippen molar-refractivity contribution in [1.82, 2.24) is 4.31 Å². The summed E-state index contributed by atoms with van der Waals surface area (Å²) in [7, 11) is -2.37. The maximum Gasteiger partial charge on any atom is 0.321 e. The number of aryl methyl sites for hydroxylation is 1. The molecule has 0 heterocycles. The van der Waals surface area contributed by atoms with Gasteiger partial charge in [-0.05, 0) is 31.9 Å². The first kappa shape index (κ1) is 14.0. The van der Waals surface area contributed by atoms with Gasteiger partial charge in [-0.2, -0.15) is 4.31 Å². The summed E-state index contributed by atoms with van der Waals surface area (Å²) in [5.74, 6) is -0.539. The van der Waals surface area contributed by atoms with E-state index in [9.17, 15) is 13.2 Å². The van der Waals surface area contributed by atoms with Crippen molar-refractivity contribution in [2.75, 3.05) is 13.7 Å². The lowest BCUT2D eigenvalue weighted by atomic mass is 10.2. The molecule has 0 N–H and O–H groups in total. The average Bonchev–Trinajstić information content (AvgIpc) is 3.20. The molecule has 0 aliphatic heterocycles. The van der Waals surface area contributed by atoms with E-state index in [2.05, 4.69) is 4.74 Å². The normalized spacial score (nSPS) is 15.5. The fourth-order valence-corrected chi connectivity index (χ4v) is 3.44. The molecular weight excluding hydrogens is 266 g/mol. The third-order valence-corrected chi connectivity index (χ3v) is 5.01. The van der Waals surface area contributed by atoms with Crippen molar-refractivity contribution in [1.29, 1.82) is 0 Å². The van der Waals surface area contributed by atoms with Gasteiger partial charge in [-0.1, -0.05) is 17.7 Å². The lowest BCUT2D eigenvalue weighted by molar-refractivity contribution is -0.140. The monoisotopic (exact) mass is 283 g/mol. The van der Waals surface area contributed by atoms with E-state index in [0.29, 0.717) is 0 Å². The fraction of sp³-hybridized carbons (Fsp3) is 0.462. The zero-order valence-corrected chi connectivity index (χ0v) is 11.8. The Bertz CT molecular complexity index is 561. The fourth-order valence-electron chi connectivity index (χ4n) is 1.81. The molecule has 1 aromatic rings. The van der Waals surface area contributed by atoms with Crippen LogP contribution in [0.5, 0.6) is 0 Å². The van der Waals surface area contributed by atoms with Crippen molar-refractivity contribution < 1.29 is 17.9 Å². The van der Waals surface area contributed by atoms with Gasteiger partial charge >= 0.3 is 5.97 Å². The average molecular weight is 283 g/mol. The van der Waals surface area contributed by atoms with E-state index in [1.807, 2.05) is 6.92 Å². The second-order valence-electron chi connectivity index (χ2n) is 4.67. The predicted molar refractivity (Wildman–Crippen MR) is 70.1 cm³/mol. The quantitative estimate of drug-likeness (QED) is 0.765. The molecule has 0 saturated heterocycles. The molecular formula is C13H17NO4S. The Morgan fingerprint density at radius 1 is 1.32 bits per heavy atom. The summed E-state index contributed by atoms with van der Waals surface area (Å²) in [4.78, 5) is 11.6. The van der Waals surface area contributed by atoms with Crippen LogP contribution in [-0.4, -0.2) is 38.4 Å². The van der Waals surface area contributed by atoms with E-state index in [1.54, 1.807) is 24.3 Å². The Morgan fingerprint density at radius 3 is 2.37 bits per heavy atom. The zero-order valence-electron chi connectivity index (χ0n) is 11.0. The number of esters is 1. The van der Waals surface area contributed by atoms with Crippen LogP contribution in [0.2, 0.25) is 0 Å². The van der Waals surface area contributed by atoms with Gasteiger partial charge in [0.05, 0.1) is 12.0 Å².